The highest BCUT2D eigenvalue weighted by Gasteiger charge is 2.33. The fourth-order valence-corrected chi connectivity index (χ4v) is 4.65. The second-order valence-corrected chi connectivity index (χ2v) is 7.68. The zero-order chi connectivity index (χ0) is 14.8. The molecule has 3 N–H and O–H groups in total. The molecule has 0 amide bonds. The van der Waals surface area contributed by atoms with Gasteiger partial charge in [0.15, 0.2) is 0 Å². The molecule has 20 heavy (non-hydrogen) atoms. The molecule has 1 aromatic carbocycles. The van der Waals surface area contributed by atoms with Gasteiger partial charge in [-0.05, 0) is 25.8 Å². The summed E-state index contributed by atoms with van der Waals surface area (Å²) in [5.74, 6) is 0. The summed E-state index contributed by atoms with van der Waals surface area (Å²) in [7, 11) is -3.61. The molecule has 0 spiro atoms. The second-order valence-electron chi connectivity index (χ2n) is 5.59. The van der Waals surface area contributed by atoms with Gasteiger partial charge < -0.3 is 5.73 Å². The van der Waals surface area contributed by atoms with E-state index in [-0.39, 0.29) is 15.4 Å². The van der Waals surface area contributed by atoms with Gasteiger partial charge in [0.05, 0.1) is 4.90 Å². The van der Waals surface area contributed by atoms with Crippen LogP contribution in [0.15, 0.2) is 29.2 Å². The molecule has 1 saturated carbocycles. The number of sulfonamides is 1. The van der Waals surface area contributed by atoms with Crippen LogP contribution in [0, 0.1) is 0 Å². The summed E-state index contributed by atoms with van der Waals surface area (Å²) >= 11 is 4.94. The average molecular weight is 312 g/mol. The van der Waals surface area contributed by atoms with Crippen molar-refractivity contribution in [2.24, 2.45) is 5.73 Å². The van der Waals surface area contributed by atoms with E-state index >= 15 is 0 Å². The Morgan fingerprint density at radius 2 is 1.85 bits per heavy atom. The highest BCUT2D eigenvalue weighted by Crippen LogP contribution is 2.29. The summed E-state index contributed by atoms with van der Waals surface area (Å²) < 4.78 is 28.0. The number of hydrogen-bond acceptors (Lipinski definition) is 3. The van der Waals surface area contributed by atoms with E-state index in [4.69, 9.17) is 18.0 Å². The Bertz CT molecular complexity index is 605. The van der Waals surface area contributed by atoms with Gasteiger partial charge in [0.25, 0.3) is 0 Å². The Morgan fingerprint density at radius 1 is 1.25 bits per heavy atom. The SMILES string of the molecule is CC1(NS(=O)(=O)c2ccccc2C(N)=S)CCCCC1. The summed E-state index contributed by atoms with van der Waals surface area (Å²) in [6, 6.07) is 6.60. The Kier molecular flexibility index (Phi) is 4.46. The molecular formula is C14H20N2O2S2. The molecule has 1 aromatic rings. The molecule has 0 radical (unpaired) electrons. The lowest BCUT2D eigenvalue weighted by molar-refractivity contribution is 0.294. The minimum atomic E-state index is -3.61. The van der Waals surface area contributed by atoms with Crippen molar-refractivity contribution >= 4 is 27.2 Å². The van der Waals surface area contributed by atoms with Crippen molar-refractivity contribution in [2.45, 2.75) is 49.5 Å². The first-order valence-corrected chi connectivity index (χ1v) is 8.66. The van der Waals surface area contributed by atoms with Crippen LogP contribution in [0.3, 0.4) is 0 Å². The maximum Gasteiger partial charge on any atom is 0.241 e. The van der Waals surface area contributed by atoms with E-state index in [1.54, 1.807) is 24.3 Å². The first-order valence-electron chi connectivity index (χ1n) is 6.77. The zero-order valence-electron chi connectivity index (χ0n) is 11.6. The van der Waals surface area contributed by atoms with E-state index in [1.807, 2.05) is 6.92 Å². The van der Waals surface area contributed by atoms with Crippen LogP contribution < -0.4 is 10.5 Å². The van der Waals surface area contributed by atoms with Crippen LogP contribution >= 0.6 is 12.2 Å². The van der Waals surface area contributed by atoms with Crippen molar-refractivity contribution in [1.82, 2.24) is 4.72 Å². The van der Waals surface area contributed by atoms with Crippen LogP contribution in [-0.2, 0) is 10.0 Å². The van der Waals surface area contributed by atoms with Crippen LogP contribution in [-0.4, -0.2) is 18.9 Å². The van der Waals surface area contributed by atoms with Gasteiger partial charge in [-0.2, -0.15) is 0 Å². The highest BCUT2D eigenvalue weighted by molar-refractivity contribution is 7.89. The number of benzene rings is 1. The van der Waals surface area contributed by atoms with Crippen LogP contribution in [0.5, 0.6) is 0 Å². The Labute approximate surface area is 125 Å². The molecule has 0 heterocycles. The lowest BCUT2D eigenvalue weighted by Crippen LogP contribution is -2.47. The van der Waals surface area contributed by atoms with Crippen molar-refractivity contribution in [2.75, 3.05) is 0 Å². The molecule has 1 fully saturated rings. The predicted octanol–water partition coefficient (Wildman–Crippen LogP) is 2.32. The average Bonchev–Trinajstić information content (AvgIpc) is 2.38. The normalized spacial score (nSPS) is 18.6. The van der Waals surface area contributed by atoms with Gasteiger partial charge in [-0.3, -0.25) is 0 Å². The van der Waals surface area contributed by atoms with E-state index in [0.717, 1.165) is 25.7 Å². The topological polar surface area (TPSA) is 72.2 Å². The molecular weight excluding hydrogens is 292 g/mol. The first-order chi connectivity index (χ1) is 9.34. The van der Waals surface area contributed by atoms with Gasteiger partial charge in [0.2, 0.25) is 10.0 Å². The van der Waals surface area contributed by atoms with Crippen molar-refractivity contribution in [3.05, 3.63) is 29.8 Å². The van der Waals surface area contributed by atoms with Crippen LogP contribution in [0.2, 0.25) is 0 Å². The smallest absolute Gasteiger partial charge is 0.241 e. The standard InChI is InChI=1S/C14H20N2O2S2/c1-14(9-5-2-6-10-14)16-20(17,18)12-8-4-3-7-11(12)13(15)19/h3-4,7-8,16H,2,5-6,9-10H2,1H3,(H2,15,19). The number of nitrogens with two attached hydrogens (primary N) is 1. The summed E-state index contributed by atoms with van der Waals surface area (Å²) in [5.41, 5.74) is 5.64. The molecule has 0 bridgehead atoms. The molecule has 110 valence electrons. The van der Waals surface area contributed by atoms with E-state index in [0.29, 0.717) is 5.56 Å². The van der Waals surface area contributed by atoms with Crippen molar-refractivity contribution < 1.29 is 8.42 Å². The largest absolute Gasteiger partial charge is 0.389 e. The third-order valence-corrected chi connectivity index (χ3v) is 5.70. The van der Waals surface area contributed by atoms with Crippen molar-refractivity contribution in [3.63, 3.8) is 0 Å². The quantitative estimate of drug-likeness (QED) is 0.837. The molecule has 0 unspecified atom stereocenters. The minimum absolute atomic E-state index is 0.0970. The van der Waals surface area contributed by atoms with Crippen molar-refractivity contribution in [1.29, 1.82) is 0 Å². The fourth-order valence-electron chi connectivity index (χ4n) is 2.72. The maximum absolute atomic E-state index is 12.6. The molecule has 0 aliphatic heterocycles. The summed E-state index contributed by atoms with van der Waals surface area (Å²) in [6.07, 6.45) is 5.00. The van der Waals surface area contributed by atoms with Gasteiger partial charge >= 0.3 is 0 Å². The molecule has 0 saturated heterocycles. The molecule has 2 rings (SSSR count). The van der Waals surface area contributed by atoms with Gasteiger partial charge in [0, 0.05) is 11.1 Å². The third kappa shape index (κ3) is 3.37. The van der Waals surface area contributed by atoms with E-state index in [2.05, 4.69) is 4.72 Å². The van der Waals surface area contributed by atoms with Gasteiger partial charge in [-0.15, -0.1) is 0 Å². The maximum atomic E-state index is 12.6. The Hall–Kier alpha value is -0.980. The predicted molar refractivity (Wildman–Crippen MR) is 84.1 cm³/mol. The molecule has 1 aliphatic carbocycles. The van der Waals surface area contributed by atoms with Gasteiger partial charge in [0.1, 0.15) is 4.99 Å². The first kappa shape index (κ1) is 15.4. The van der Waals surface area contributed by atoms with E-state index < -0.39 is 10.0 Å². The molecule has 0 aromatic heterocycles. The lowest BCUT2D eigenvalue weighted by Gasteiger charge is -2.34. The summed E-state index contributed by atoms with van der Waals surface area (Å²) in [5, 5.41) is 0. The van der Waals surface area contributed by atoms with Gasteiger partial charge in [-0.25, -0.2) is 13.1 Å². The Balaban J connectivity index is 2.33. The number of nitrogens with one attached hydrogen (secondary N) is 1. The monoisotopic (exact) mass is 312 g/mol. The molecule has 6 heteroatoms. The lowest BCUT2D eigenvalue weighted by atomic mass is 9.84. The fraction of sp³-hybridized carbons (Fsp3) is 0.500. The second kappa shape index (κ2) is 5.79. The Morgan fingerprint density at radius 3 is 2.45 bits per heavy atom. The van der Waals surface area contributed by atoms with Gasteiger partial charge in [-0.1, -0.05) is 49.7 Å². The number of hydrogen-bond donors (Lipinski definition) is 2. The molecule has 0 atom stereocenters. The number of rotatable bonds is 4. The van der Waals surface area contributed by atoms with Crippen LogP contribution in [0.1, 0.15) is 44.6 Å². The zero-order valence-corrected chi connectivity index (χ0v) is 13.2. The summed E-state index contributed by atoms with van der Waals surface area (Å²) in [4.78, 5) is 0.263. The highest BCUT2D eigenvalue weighted by atomic mass is 32.2. The van der Waals surface area contributed by atoms with Crippen LogP contribution in [0.4, 0.5) is 0 Å². The summed E-state index contributed by atoms with van der Waals surface area (Å²) in [6.45, 7) is 1.97. The van der Waals surface area contributed by atoms with E-state index in [1.165, 1.54) is 6.42 Å². The van der Waals surface area contributed by atoms with E-state index in [9.17, 15) is 8.42 Å². The minimum Gasteiger partial charge on any atom is -0.389 e. The molecule has 4 nitrogen and oxygen atoms in total. The molecule has 1 aliphatic rings. The third-order valence-electron chi connectivity index (χ3n) is 3.78. The number of thiocarbonyl (C=S) groups is 1. The van der Waals surface area contributed by atoms with Crippen LogP contribution in [0.25, 0.3) is 0 Å². The van der Waals surface area contributed by atoms with Crippen molar-refractivity contribution in [3.8, 4) is 0 Å².